The van der Waals surface area contributed by atoms with Gasteiger partial charge in [0.25, 0.3) is 0 Å². The van der Waals surface area contributed by atoms with Crippen molar-refractivity contribution in [2.75, 3.05) is 7.11 Å². The van der Waals surface area contributed by atoms with Crippen molar-refractivity contribution >= 4 is 21.9 Å². The molecule has 1 atom stereocenters. The summed E-state index contributed by atoms with van der Waals surface area (Å²) in [5.74, 6) is -0.415. The zero-order chi connectivity index (χ0) is 11.4. The minimum Gasteiger partial charge on any atom is -0.469 e. The van der Waals surface area contributed by atoms with Crippen molar-refractivity contribution in [3.05, 3.63) is 33.8 Å². The fourth-order valence-corrected chi connectivity index (χ4v) is 1.72. The molecule has 0 fully saturated rings. The van der Waals surface area contributed by atoms with Gasteiger partial charge >= 0.3 is 5.97 Å². The second-order valence-electron chi connectivity index (χ2n) is 3.25. The standard InChI is InChI=1S/C11H13BrO3/c1-7-8(4-3-5-9(7)12)10(13)6-11(14)15-2/h3-5,10,13H,6H2,1-2H3. The predicted molar refractivity (Wildman–Crippen MR) is 60.5 cm³/mol. The number of aliphatic hydroxyl groups is 1. The van der Waals surface area contributed by atoms with Crippen LogP contribution in [0.25, 0.3) is 0 Å². The zero-order valence-corrected chi connectivity index (χ0v) is 10.2. The van der Waals surface area contributed by atoms with Crippen LogP contribution in [0.3, 0.4) is 0 Å². The summed E-state index contributed by atoms with van der Waals surface area (Å²) in [6.45, 7) is 1.89. The van der Waals surface area contributed by atoms with E-state index in [4.69, 9.17) is 0 Å². The van der Waals surface area contributed by atoms with E-state index in [1.165, 1.54) is 7.11 Å². The molecule has 0 saturated heterocycles. The molecule has 0 heterocycles. The van der Waals surface area contributed by atoms with Gasteiger partial charge in [-0.15, -0.1) is 0 Å². The fourth-order valence-electron chi connectivity index (χ4n) is 1.34. The molecule has 1 unspecified atom stereocenters. The highest BCUT2D eigenvalue weighted by molar-refractivity contribution is 9.10. The van der Waals surface area contributed by atoms with E-state index in [2.05, 4.69) is 20.7 Å². The van der Waals surface area contributed by atoms with Crippen LogP contribution < -0.4 is 0 Å². The van der Waals surface area contributed by atoms with E-state index in [1.54, 1.807) is 6.07 Å². The highest BCUT2D eigenvalue weighted by Gasteiger charge is 2.15. The van der Waals surface area contributed by atoms with Crippen LogP contribution in [0.15, 0.2) is 22.7 Å². The number of hydrogen-bond acceptors (Lipinski definition) is 3. The molecule has 0 saturated carbocycles. The summed E-state index contributed by atoms with van der Waals surface area (Å²) in [5, 5.41) is 9.81. The van der Waals surface area contributed by atoms with Crippen molar-refractivity contribution < 1.29 is 14.6 Å². The molecule has 1 aromatic carbocycles. The Bertz CT molecular complexity index is 363. The number of carbonyl (C=O) groups excluding carboxylic acids is 1. The summed E-state index contributed by atoms with van der Waals surface area (Å²) in [4.78, 5) is 11.0. The van der Waals surface area contributed by atoms with Crippen molar-refractivity contribution in [1.29, 1.82) is 0 Å². The Hall–Kier alpha value is -0.870. The quantitative estimate of drug-likeness (QED) is 0.860. The number of aliphatic hydroxyl groups excluding tert-OH is 1. The first-order chi connectivity index (χ1) is 7.06. The molecule has 1 N–H and O–H groups in total. The molecule has 15 heavy (non-hydrogen) atoms. The van der Waals surface area contributed by atoms with Crippen LogP contribution in [0, 0.1) is 6.92 Å². The summed E-state index contributed by atoms with van der Waals surface area (Å²) in [6.07, 6.45) is -0.830. The molecular weight excluding hydrogens is 260 g/mol. The third kappa shape index (κ3) is 3.04. The average molecular weight is 273 g/mol. The van der Waals surface area contributed by atoms with Gasteiger partial charge in [-0.25, -0.2) is 0 Å². The van der Waals surface area contributed by atoms with Gasteiger partial charge in [-0.3, -0.25) is 4.79 Å². The summed E-state index contributed by atoms with van der Waals surface area (Å²) in [7, 11) is 1.31. The maximum Gasteiger partial charge on any atom is 0.308 e. The lowest BCUT2D eigenvalue weighted by atomic mass is 10.0. The van der Waals surface area contributed by atoms with Gasteiger partial charge in [0.15, 0.2) is 0 Å². The third-order valence-electron chi connectivity index (χ3n) is 2.26. The van der Waals surface area contributed by atoms with Gasteiger partial charge in [-0.05, 0) is 24.1 Å². The molecule has 4 heteroatoms. The number of rotatable bonds is 3. The van der Waals surface area contributed by atoms with Crippen LogP contribution in [-0.2, 0) is 9.53 Å². The topological polar surface area (TPSA) is 46.5 Å². The monoisotopic (exact) mass is 272 g/mol. The van der Waals surface area contributed by atoms with E-state index in [-0.39, 0.29) is 6.42 Å². The number of methoxy groups -OCH3 is 1. The van der Waals surface area contributed by atoms with Gasteiger partial charge in [0.05, 0.1) is 19.6 Å². The Balaban J connectivity index is 2.86. The number of carbonyl (C=O) groups is 1. The smallest absolute Gasteiger partial charge is 0.308 e. The summed E-state index contributed by atoms with van der Waals surface area (Å²) >= 11 is 3.37. The van der Waals surface area contributed by atoms with Gasteiger partial charge in [-0.2, -0.15) is 0 Å². The molecular formula is C11H13BrO3. The number of hydrogen-bond donors (Lipinski definition) is 1. The molecule has 0 spiro atoms. The van der Waals surface area contributed by atoms with E-state index < -0.39 is 12.1 Å². The van der Waals surface area contributed by atoms with E-state index in [0.717, 1.165) is 15.6 Å². The SMILES string of the molecule is COC(=O)CC(O)c1cccc(Br)c1C. The molecule has 0 aliphatic carbocycles. The van der Waals surface area contributed by atoms with Crippen molar-refractivity contribution in [1.82, 2.24) is 0 Å². The second kappa shape index (κ2) is 5.28. The number of benzene rings is 1. The van der Waals surface area contributed by atoms with Crippen LogP contribution >= 0.6 is 15.9 Å². The van der Waals surface area contributed by atoms with Crippen LogP contribution in [0.5, 0.6) is 0 Å². The van der Waals surface area contributed by atoms with Crippen LogP contribution in [0.1, 0.15) is 23.7 Å². The summed E-state index contributed by atoms with van der Waals surface area (Å²) in [5.41, 5.74) is 1.68. The van der Waals surface area contributed by atoms with Crippen molar-refractivity contribution in [3.63, 3.8) is 0 Å². The van der Waals surface area contributed by atoms with Crippen molar-refractivity contribution in [2.45, 2.75) is 19.4 Å². The predicted octanol–water partition coefficient (Wildman–Crippen LogP) is 2.35. The zero-order valence-electron chi connectivity index (χ0n) is 8.66. The first-order valence-corrected chi connectivity index (χ1v) is 5.35. The second-order valence-corrected chi connectivity index (χ2v) is 4.10. The first-order valence-electron chi connectivity index (χ1n) is 4.56. The molecule has 1 aromatic rings. The molecule has 0 bridgehead atoms. The van der Waals surface area contributed by atoms with E-state index in [0.29, 0.717) is 0 Å². The lowest BCUT2D eigenvalue weighted by Gasteiger charge is -2.13. The lowest BCUT2D eigenvalue weighted by molar-refractivity contribution is -0.142. The van der Waals surface area contributed by atoms with Gasteiger partial charge in [0.1, 0.15) is 0 Å². The average Bonchev–Trinajstić information content (AvgIpc) is 2.21. The highest BCUT2D eigenvalue weighted by atomic mass is 79.9. The minimum absolute atomic E-state index is 0.0200. The molecule has 82 valence electrons. The van der Waals surface area contributed by atoms with Crippen LogP contribution in [0.4, 0.5) is 0 Å². The Kier molecular flexibility index (Phi) is 4.29. The Morgan fingerprint density at radius 3 is 2.87 bits per heavy atom. The molecule has 3 nitrogen and oxygen atoms in total. The van der Waals surface area contributed by atoms with Gasteiger partial charge in [0.2, 0.25) is 0 Å². The van der Waals surface area contributed by atoms with Crippen LogP contribution in [0.2, 0.25) is 0 Å². The lowest BCUT2D eigenvalue weighted by Crippen LogP contribution is -2.09. The van der Waals surface area contributed by atoms with E-state index in [1.807, 2.05) is 19.1 Å². The number of ether oxygens (including phenoxy) is 1. The first kappa shape index (κ1) is 12.2. The Morgan fingerprint density at radius 2 is 2.27 bits per heavy atom. The molecule has 0 aliphatic heterocycles. The van der Waals surface area contributed by atoms with Gasteiger partial charge < -0.3 is 9.84 Å². The van der Waals surface area contributed by atoms with E-state index >= 15 is 0 Å². The van der Waals surface area contributed by atoms with Crippen molar-refractivity contribution in [3.8, 4) is 0 Å². The minimum atomic E-state index is -0.810. The largest absolute Gasteiger partial charge is 0.469 e. The third-order valence-corrected chi connectivity index (χ3v) is 3.12. The Morgan fingerprint density at radius 1 is 1.60 bits per heavy atom. The summed E-state index contributed by atoms with van der Waals surface area (Å²) in [6, 6.07) is 5.52. The van der Waals surface area contributed by atoms with Crippen molar-refractivity contribution in [2.24, 2.45) is 0 Å². The molecule has 0 aliphatic rings. The Labute approximate surface area is 97.2 Å². The van der Waals surface area contributed by atoms with E-state index in [9.17, 15) is 9.90 Å². The highest BCUT2D eigenvalue weighted by Crippen LogP contribution is 2.26. The molecule has 0 aromatic heterocycles. The van der Waals surface area contributed by atoms with Gasteiger partial charge in [-0.1, -0.05) is 28.1 Å². The molecule has 0 radical (unpaired) electrons. The maximum atomic E-state index is 11.0. The number of halogens is 1. The summed E-state index contributed by atoms with van der Waals surface area (Å²) < 4.78 is 5.42. The normalized spacial score (nSPS) is 12.3. The van der Waals surface area contributed by atoms with Gasteiger partial charge in [0, 0.05) is 4.47 Å². The molecule has 1 rings (SSSR count). The van der Waals surface area contributed by atoms with Crippen LogP contribution in [-0.4, -0.2) is 18.2 Å². The number of esters is 1. The maximum absolute atomic E-state index is 11.0. The fraction of sp³-hybridized carbons (Fsp3) is 0.364. The molecule has 0 amide bonds.